The highest BCUT2D eigenvalue weighted by molar-refractivity contribution is 5.67. The van der Waals surface area contributed by atoms with E-state index in [4.69, 9.17) is 4.74 Å². The smallest absolute Gasteiger partial charge is 0.422 e. The van der Waals surface area contributed by atoms with Crippen molar-refractivity contribution in [2.75, 3.05) is 18.0 Å². The van der Waals surface area contributed by atoms with Crippen molar-refractivity contribution in [1.29, 1.82) is 0 Å². The van der Waals surface area contributed by atoms with Crippen LogP contribution in [0, 0.1) is 10.1 Å². The van der Waals surface area contributed by atoms with Gasteiger partial charge in [0, 0.05) is 25.2 Å². The first-order chi connectivity index (χ1) is 11.3. The van der Waals surface area contributed by atoms with Crippen LogP contribution in [0.1, 0.15) is 33.6 Å². The van der Waals surface area contributed by atoms with Crippen LogP contribution in [0.4, 0.5) is 16.2 Å². The zero-order valence-corrected chi connectivity index (χ0v) is 14.2. The average Bonchev–Trinajstić information content (AvgIpc) is 2.51. The summed E-state index contributed by atoms with van der Waals surface area (Å²) in [6.07, 6.45) is 1.21. The first kappa shape index (κ1) is 18.0. The highest BCUT2D eigenvalue weighted by atomic mass is 16.6. The maximum Gasteiger partial charge on any atom is 0.422 e. The molecule has 0 aliphatic carbocycles. The highest BCUT2D eigenvalue weighted by Gasteiger charge is 2.25. The van der Waals surface area contributed by atoms with E-state index in [2.05, 4.69) is 10.9 Å². The number of amides is 1. The third-order valence-electron chi connectivity index (χ3n) is 3.62. The molecule has 1 aromatic carbocycles. The van der Waals surface area contributed by atoms with Crippen molar-refractivity contribution in [3.63, 3.8) is 0 Å². The molecule has 24 heavy (non-hydrogen) atoms. The lowest BCUT2D eigenvalue weighted by Crippen LogP contribution is -2.53. The van der Waals surface area contributed by atoms with Crippen LogP contribution in [-0.2, 0) is 4.74 Å². The Hall–Kier alpha value is -2.35. The lowest BCUT2D eigenvalue weighted by molar-refractivity contribution is -0.384. The minimum absolute atomic E-state index is 0.00826. The summed E-state index contributed by atoms with van der Waals surface area (Å²) in [6.45, 7) is 6.70. The third kappa shape index (κ3) is 5.09. The molecule has 0 aromatic heterocycles. The number of hydrogen-bond donors (Lipinski definition) is 2. The first-order valence-corrected chi connectivity index (χ1v) is 7.99. The number of anilines is 1. The minimum Gasteiger partial charge on any atom is -0.443 e. The van der Waals surface area contributed by atoms with Crippen molar-refractivity contribution < 1.29 is 14.5 Å². The second-order valence-corrected chi connectivity index (χ2v) is 6.80. The summed E-state index contributed by atoms with van der Waals surface area (Å²) >= 11 is 0. The molecular weight excluding hydrogens is 312 g/mol. The highest BCUT2D eigenvalue weighted by Crippen LogP contribution is 2.29. The number of nitrogens with zero attached hydrogens (tertiary/aromatic N) is 2. The maximum atomic E-state index is 11.7. The van der Waals surface area contributed by atoms with E-state index in [-0.39, 0.29) is 16.7 Å². The summed E-state index contributed by atoms with van der Waals surface area (Å²) < 4.78 is 5.18. The molecule has 1 aromatic rings. The number of piperidine rings is 1. The minimum atomic E-state index is -0.561. The van der Waals surface area contributed by atoms with Crippen molar-refractivity contribution in [2.45, 2.75) is 45.3 Å². The number of carbonyl (C=O) groups excluding carboxylic acids is 1. The molecule has 0 bridgehead atoms. The van der Waals surface area contributed by atoms with Crippen LogP contribution in [-0.4, -0.2) is 35.7 Å². The van der Waals surface area contributed by atoms with Gasteiger partial charge >= 0.3 is 6.09 Å². The van der Waals surface area contributed by atoms with Gasteiger partial charge in [0.15, 0.2) is 0 Å². The number of ether oxygens (including phenoxy) is 1. The molecule has 1 aliphatic rings. The Morgan fingerprint density at radius 2 is 2.08 bits per heavy atom. The molecular formula is C16H24N4O4. The average molecular weight is 336 g/mol. The summed E-state index contributed by atoms with van der Waals surface area (Å²) in [5.74, 6) is 0. The fraction of sp³-hybridized carbons (Fsp3) is 0.562. The topological polar surface area (TPSA) is 96.7 Å². The van der Waals surface area contributed by atoms with Gasteiger partial charge < -0.3 is 9.64 Å². The van der Waals surface area contributed by atoms with Gasteiger partial charge in [0.2, 0.25) is 0 Å². The fourth-order valence-electron chi connectivity index (χ4n) is 2.66. The molecule has 1 aliphatic heterocycles. The molecule has 1 atom stereocenters. The van der Waals surface area contributed by atoms with Gasteiger partial charge in [0.25, 0.3) is 5.69 Å². The molecule has 1 amide bonds. The van der Waals surface area contributed by atoms with Crippen LogP contribution in [0.25, 0.3) is 0 Å². The Kier molecular flexibility index (Phi) is 5.61. The summed E-state index contributed by atoms with van der Waals surface area (Å²) in [5, 5.41) is 11.2. The second kappa shape index (κ2) is 7.48. The van der Waals surface area contributed by atoms with Gasteiger partial charge in [-0.1, -0.05) is 12.1 Å². The van der Waals surface area contributed by atoms with Crippen molar-refractivity contribution >= 4 is 17.5 Å². The van der Waals surface area contributed by atoms with E-state index in [1.807, 2.05) is 4.90 Å². The van der Waals surface area contributed by atoms with E-state index in [0.717, 1.165) is 19.4 Å². The molecule has 8 heteroatoms. The molecule has 1 heterocycles. The van der Waals surface area contributed by atoms with E-state index in [1.54, 1.807) is 39.0 Å². The Bertz CT molecular complexity index is 600. The molecule has 0 saturated carbocycles. The van der Waals surface area contributed by atoms with Crippen LogP contribution < -0.4 is 15.8 Å². The van der Waals surface area contributed by atoms with Crippen LogP contribution >= 0.6 is 0 Å². The van der Waals surface area contributed by atoms with Crippen LogP contribution in [0.3, 0.4) is 0 Å². The number of para-hydroxylation sites is 2. The van der Waals surface area contributed by atoms with Gasteiger partial charge in [-0.15, -0.1) is 0 Å². The van der Waals surface area contributed by atoms with Crippen LogP contribution in [0.15, 0.2) is 24.3 Å². The standard InChI is InChI=1S/C16H24N4O4/c1-16(2,3)24-15(21)18-17-12-7-6-10-19(11-12)13-8-4-5-9-14(13)20(22)23/h4-5,8-9,12,17H,6-7,10-11H2,1-3H3,(H,18,21). The number of nitrogens with one attached hydrogen (secondary N) is 2. The summed E-state index contributed by atoms with van der Waals surface area (Å²) in [4.78, 5) is 24.5. The quantitative estimate of drug-likeness (QED) is 0.648. The van der Waals surface area contributed by atoms with Gasteiger partial charge in [0.1, 0.15) is 11.3 Å². The van der Waals surface area contributed by atoms with Crippen LogP contribution in [0.2, 0.25) is 0 Å². The van der Waals surface area contributed by atoms with E-state index in [0.29, 0.717) is 12.2 Å². The molecule has 0 radical (unpaired) electrons. The zero-order valence-electron chi connectivity index (χ0n) is 14.2. The van der Waals surface area contributed by atoms with Gasteiger partial charge in [-0.25, -0.2) is 10.2 Å². The lowest BCUT2D eigenvalue weighted by atomic mass is 10.1. The number of hydrogen-bond acceptors (Lipinski definition) is 6. The summed E-state index contributed by atoms with van der Waals surface area (Å²) in [7, 11) is 0. The van der Waals surface area contributed by atoms with E-state index in [1.165, 1.54) is 6.07 Å². The Labute approximate surface area is 141 Å². The van der Waals surface area contributed by atoms with Crippen molar-refractivity contribution in [2.24, 2.45) is 0 Å². The predicted octanol–water partition coefficient (Wildman–Crippen LogP) is 2.59. The van der Waals surface area contributed by atoms with Crippen molar-refractivity contribution in [1.82, 2.24) is 10.9 Å². The lowest BCUT2D eigenvalue weighted by Gasteiger charge is -2.34. The molecule has 8 nitrogen and oxygen atoms in total. The molecule has 2 N–H and O–H groups in total. The molecule has 0 spiro atoms. The van der Waals surface area contributed by atoms with Gasteiger partial charge in [0.05, 0.1) is 4.92 Å². The van der Waals surface area contributed by atoms with Gasteiger partial charge in [-0.05, 0) is 39.7 Å². The van der Waals surface area contributed by atoms with E-state index in [9.17, 15) is 14.9 Å². The third-order valence-corrected chi connectivity index (χ3v) is 3.62. The maximum absolute atomic E-state index is 11.7. The predicted molar refractivity (Wildman–Crippen MR) is 90.8 cm³/mol. The number of hydrazine groups is 1. The Morgan fingerprint density at radius 3 is 2.75 bits per heavy atom. The molecule has 1 saturated heterocycles. The van der Waals surface area contributed by atoms with Gasteiger partial charge in [-0.2, -0.15) is 0 Å². The van der Waals surface area contributed by atoms with E-state index >= 15 is 0 Å². The largest absolute Gasteiger partial charge is 0.443 e. The molecule has 2 rings (SSSR count). The zero-order chi connectivity index (χ0) is 17.7. The number of carbonyl (C=O) groups is 1. The number of nitro groups is 1. The van der Waals surface area contributed by atoms with E-state index < -0.39 is 11.7 Å². The number of nitro benzene ring substituents is 1. The Morgan fingerprint density at radius 1 is 1.38 bits per heavy atom. The summed E-state index contributed by atoms with van der Waals surface area (Å²) in [5.41, 5.74) is 5.64. The van der Waals surface area contributed by atoms with Crippen molar-refractivity contribution in [3.8, 4) is 0 Å². The SMILES string of the molecule is CC(C)(C)OC(=O)NNC1CCCN(c2ccccc2[N+](=O)[O-])C1. The normalized spacial score (nSPS) is 18.1. The Balaban J connectivity index is 1.95. The monoisotopic (exact) mass is 336 g/mol. The summed E-state index contributed by atoms with van der Waals surface area (Å²) in [6, 6.07) is 6.70. The fourth-order valence-corrected chi connectivity index (χ4v) is 2.66. The molecule has 1 unspecified atom stereocenters. The second-order valence-electron chi connectivity index (χ2n) is 6.80. The van der Waals surface area contributed by atoms with Gasteiger partial charge in [-0.3, -0.25) is 15.5 Å². The first-order valence-electron chi connectivity index (χ1n) is 7.99. The molecule has 1 fully saturated rings. The van der Waals surface area contributed by atoms with Crippen LogP contribution in [0.5, 0.6) is 0 Å². The number of benzene rings is 1. The van der Waals surface area contributed by atoms with Crippen molar-refractivity contribution in [3.05, 3.63) is 34.4 Å². The number of rotatable bonds is 4. The molecule has 132 valence electrons.